The van der Waals surface area contributed by atoms with Crippen molar-refractivity contribution < 1.29 is 0 Å². The average molecular weight is 81.1 g/mol. The summed E-state index contributed by atoms with van der Waals surface area (Å²) in [5.74, 6) is 0. The molecule has 0 aromatic carbocycles. The zero-order valence-corrected chi connectivity index (χ0v) is 3.55. The van der Waals surface area contributed by atoms with E-state index in [9.17, 15) is 0 Å². The van der Waals surface area contributed by atoms with E-state index in [1.807, 2.05) is 7.05 Å². The first kappa shape index (κ1) is 3.40. The summed E-state index contributed by atoms with van der Waals surface area (Å²) >= 11 is 0. The lowest BCUT2D eigenvalue weighted by molar-refractivity contribution is 0.767. The molecule has 0 saturated heterocycles. The van der Waals surface area contributed by atoms with Crippen molar-refractivity contribution in [1.29, 1.82) is 0 Å². The first-order valence-electron chi connectivity index (χ1n) is 1.74. The van der Waals surface area contributed by atoms with Crippen LogP contribution in [0.5, 0.6) is 0 Å². The van der Waals surface area contributed by atoms with Crippen LogP contribution in [0.2, 0.25) is 0 Å². The lowest BCUT2D eigenvalue weighted by Gasteiger charge is -1.77. The fourth-order valence-corrected chi connectivity index (χ4v) is 0.299. The summed E-state index contributed by atoms with van der Waals surface area (Å²) in [6.45, 7) is 0. The van der Waals surface area contributed by atoms with E-state index < -0.39 is 0 Å². The van der Waals surface area contributed by atoms with Crippen LogP contribution in [0.15, 0.2) is 12.4 Å². The Morgan fingerprint density at radius 2 is 2.67 bits per heavy atom. The summed E-state index contributed by atoms with van der Waals surface area (Å²) in [5, 5.41) is 3.78. The van der Waals surface area contributed by atoms with Gasteiger partial charge in [-0.25, -0.2) is 0 Å². The van der Waals surface area contributed by atoms with Gasteiger partial charge in [0.15, 0.2) is 0 Å². The maximum absolute atomic E-state index is 3.78. The highest BCUT2D eigenvalue weighted by molar-refractivity contribution is 4.72. The van der Waals surface area contributed by atoms with Gasteiger partial charge in [-0.05, 0) is 0 Å². The Hall–Kier alpha value is -0.790. The smallest absolute Gasteiger partial charge is 0.0569 e. The molecule has 1 aromatic rings. The molecule has 0 N–H and O–H groups in total. The van der Waals surface area contributed by atoms with Gasteiger partial charge in [-0.15, -0.1) is 0 Å². The summed E-state index contributed by atoms with van der Waals surface area (Å²) in [7, 11) is 1.86. The molecule has 6 heavy (non-hydrogen) atoms. The minimum atomic E-state index is 1.62. The lowest BCUT2D eigenvalue weighted by atomic mass is 10.8. The van der Waals surface area contributed by atoms with E-state index in [4.69, 9.17) is 0 Å². The third kappa shape index (κ3) is 0.407. The molecule has 31 valence electrons. The van der Waals surface area contributed by atoms with Crippen molar-refractivity contribution in [3.05, 3.63) is 18.5 Å². The zero-order valence-electron chi connectivity index (χ0n) is 3.55. The molecule has 0 fully saturated rings. The van der Waals surface area contributed by atoms with E-state index in [1.54, 1.807) is 17.1 Å². The first-order chi connectivity index (χ1) is 2.89. The van der Waals surface area contributed by atoms with E-state index in [-0.39, 0.29) is 0 Å². The number of aryl methyl sites for hydroxylation is 1. The van der Waals surface area contributed by atoms with Crippen LogP contribution in [-0.4, -0.2) is 9.78 Å². The van der Waals surface area contributed by atoms with Crippen molar-refractivity contribution in [2.24, 2.45) is 7.05 Å². The van der Waals surface area contributed by atoms with Gasteiger partial charge in [0.1, 0.15) is 0 Å². The monoisotopic (exact) mass is 81.0 g/mol. The van der Waals surface area contributed by atoms with Crippen molar-refractivity contribution in [3.8, 4) is 0 Å². The standard InChI is InChI=1S/C4H5N2/c1-6-4-2-3-5-6/h3-4H,1H3. The minimum absolute atomic E-state index is 1.62. The van der Waals surface area contributed by atoms with Crippen molar-refractivity contribution in [1.82, 2.24) is 9.78 Å². The van der Waals surface area contributed by atoms with Crippen molar-refractivity contribution >= 4 is 0 Å². The summed E-state index contributed by atoms with van der Waals surface area (Å²) in [6, 6.07) is 2.78. The lowest BCUT2D eigenvalue weighted by Crippen LogP contribution is -1.83. The van der Waals surface area contributed by atoms with Gasteiger partial charge in [-0.3, -0.25) is 4.68 Å². The third-order valence-electron chi connectivity index (χ3n) is 0.576. The van der Waals surface area contributed by atoms with Crippen LogP contribution in [0.1, 0.15) is 0 Å². The second-order valence-electron chi connectivity index (χ2n) is 1.11. The number of rotatable bonds is 0. The highest BCUT2D eigenvalue weighted by Gasteiger charge is 1.70. The number of nitrogens with zero attached hydrogens (tertiary/aromatic N) is 2. The van der Waals surface area contributed by atoms with Gasteiger partial charge in [-0.2, -0.15) is 5.10 Å². The Kier molecular flexibility index (Phi) is 0.638. The molecular formula is C4H5N2. The molecule has 2 nitrogen and oxygen atoms in total. The Balaban J connectivity index is 3.05. The van der Waals surface area contributed by atoms with E-state index in [1.165, 1.54) is 0 Å². The van der Waals surface area contributed by atoms with Crippen LogP contribution in [-0.2, 0) is 7.05 Å². The average Bonchev–Trinajstić information content (AvgIpc) is 1.86. The largest absolute Gasteiger partial charge is 0.275 e. The fraction of sp³-hybridized carbons (Fsp3) is 0.250. The Morgan fingerprint density at radius 1 is 1.83 bits per heavy atom. The molecule has 1 aromatic heterocycles. The molecule has 1 radical (unpaired) electrons. The minimum Gasteiger partial charge on any atom is -0.275 e. The predicted molar refractivity (Wildman–Crippen MR) is 22.0 cm³/mol. The molecule has 0 amide bonds. The van der Waals surface area contributed by atoms with Gasteiger partial charge < -0.3 is 0 Å². The van der Waals surface area contributed by atoms with E-state index in [0.29, 0.717) is 0 Å². The van der Waals surface area contributed by atoms with Crippen molar-refractivity contribution in [3.63, 3.8) is 0 Å². The van der Waals surface area contributed by atoms with Crippen LogP contribution in [0.25, 0.3) is 0 Å². The molecule has 0 aliphatic rings. The van der Waals surface area contributed by atoms with Crippen LogP contribution in [0.4, 0.5) is 0 Å². The molecule has 0 unspecified atom stereocenters. The normalized spacial score (nSPS) is 8.83. The molecule has 0 saturated carbocycles. The maximum atomic E-state index is 3.78. The highest BCUT2D eigenvalue weighted by Crippen LogP contribution is 1.71. The number of hydrogen-bond donors (Lipinski definition) is 0. The van der Waals surface area contributed by atoms with Gasteiger partial charge >= 0.3 is 0 Å². The molecule has 1 heterocycles. The van der Waals surface area contributed by atoms with Gasteiger partial charge in [0.25, 0.3) is 0 Å². The van der Waals surface area contributed by atoms with Crippen LogP contribution >= 0.6 is 0 Å². The third-order valence-corrected chi connectivity index (χ3v) is 0.576. The van der Waals surface area contributed by atoms with Gasteiger partial charge in [0.2, 0.25) is 0 Å². The summed E-state index contributed by atoms with van der Waals surface area (Å²) < 4.78 is 1.69. The molecule has 2 heteroatoms. The molecule has 0 spiro atoms. The Morgan fingerprint density at radius 3 is 2.83 bits per heavy atom. The fourth-order valence-electron chi connectivity index (χ4n) is 0.299. The topological polar surface area (TPSA) is 17.8 Å². The molecule has 0 aliphatic carbocycles. The Labute approximate surface area is 36.4 Å². The van der Waals surface area contributed by atoms with Gasteiger partial charge in [0.05, 0.1) is 6.20 Å². The Bertz CT molecular complexity index is 109. The molecular weight excluding hydrogens is 76.1 g/mol. The van der Waals surface area contributed by atoms with Gasteiger partial charge in [0, 0.05) is 19.3 Å². The predicted octanol–water partition coefficient (Wildman–Crippen LogP) is 0.220. The first-order valence-corrected chi connectivity index (χ1v) is 1.74. The van der Waals surface area contributed by atoms with E-state index >= 15 is 0 Å². The van der Waals surface area contributed by atoms with Gasteiger partial charge in [-0.1, -0.05) is 0 Å². The second kappa shape index (κ2) is 1.12. The molecule has 0 aliphatic heterocycles. The van der Waals surface area contributed by atoms with Crippen molar-refractivity contribution in [2.75, 3.05) is 0 Å². The van der Waals surface area contributed by atoms with Crippen LogP contribution in [0, 0.1) is 6.07 Å². The van der Waals surface area contributed by atoms with Crippen LogP contribution in [0.3, 0.4) is 0 Å². The molecule has 0 atom stereocenters. The van der Waals surface area contributed by atoms with E-state index in [0.717, 1.165) is 0 Å². The quantitative estimate of drug-likeness (QED) is 0.437. The summed E-state index contributed by atoms with van der Waals surface area (Å²) in [5.41, 5.74) is 0. The van der Waals surface area contributed by atoms with Crippen molar-refractivity contribution in [2.45, 2.75) is 0 Å². The zero-order chi connectivity index (χ0) is 4.41. The van der Waals surface area contributed by atoms with E-state index in [2.05, 4.69) is 11.2 Å². The molecule has 0 bridgehead atoms. The SMILES string of the molecule is Cn1c[c]cn1. The summed E-state index contributed by atoms with van der Waals surface area (Å²) in [4.78, 5) is 0. The summed E-state index contributed by atoms with van der Waals surface area (Å²) in [6.07, 6.45) is 3.39. The second-order valence-corrected chi connectivity index (χ2v) is 1.11. The maximum Gasteiger partial charge on any atom is 0.0569 e. The number of hydrogen-bond acceptors (Lipinski definition) is 1. The molecule has 1 rings (SSSR count). The number of aromatic nitrogens is 2. The van der Waals surface area contributed by atoms with Crippen LogP contribution < -0.4 is 0 Å². The highest BCUT2D eigenvalue weighted by atomic mass is 15.2.